The first kappa shape index (κ1) is 16.1. The van der Waals surface area contributed by atoms with Gasteiger partial charge in [0, 0.05) is 11.1 Å². The Morgan fingerprint density at radius 2 is 1.81 bits per heavy atom. The largest absolute Gasteiger partial charge is 0.317 e. The Kier molecular flexibility index (Phi) is 5.84. The van der Waals surface area contributed by atoms with Gasteiger partial charge in [-0.2, -0.15) is 0 Å². The summed E-state index contributed by atoms with van der Waals surface area (Å²) in [6.45, 7) is 4.25. The molecule has 112 valence electrons. The fraction of sp³-hybridized carbons (Fsp3) is 0.368. The Bertz CT molecular complexity index is 592. The first-order valence-electron chi connectivity index (χ1n) is 7.57. The molecule has 21 heavy (non-hydrogen) atoms. The molecule has 0 aromatic heterocycles. The molecule has 0 spiro atoms. The van der Waals surface area contributed by atoms with E-state index in [1.807, 2.05) is 13.1 Å². The van der Waals surface area contributed by atoms with Crippen molar-refractivity contribution in [3.05, 3.63) is 69.7 Å². The van der Waals surface area contributed by atoms with Crippen LogP contribution in [0, 0.1) is 13.8 Å². The van der Waals surface area contributed by atoms with Crippen molar-refractivity contribution in [2.75, 3.05) is 7.05 Å². The topological polar surface area (TPSA) is 12.0 Å². The maximum absolute atomic E-state index is 6.35. The Balaban J connectivity index is 1.99. The molecule has 0 aliphatic heterocycles. The highest BCUT2D eigenvalue weighted by Crippen LogP contribution is 2.20. The molecule has 0 bridgehead atoms. The van der Waals surface area contributed by atoms with Crippen LogP contribution in [0.5, 0.6) is 0 Å². The number of rotatable bonds is 6. The van der Waals surface area contributed by atoms with Crippen LogP contribution in [-0.2, 0) is 12.8 Å². The van der Waals surface area contributed by atoms with Crippen molar-refractivity contribution in [1.82, 2.24) is 5.32 Å². The lowest BCUT2D eigenvalue weighted by molar-refractivity contribution is 0.520. The molecule has 2 aromatic carbocycles. The average Bonchev–Trinajstić information content (AvgIpc) is 2.47. The molecule has 0 saturated heterocycles. The summed E-state index contributed by atoms with van der Waals surface area (Å²) in [4.78, 5) is 0. The molecule has 1 N–H and O–H groups in total. The van der Waals surface area contributed by atoms with Crippen LogP contribution in [0.4, 0.5) is 0 Å². The van der Waals surface area contributed by atoms with Crippen molar-refractivity contribution in [1.29, 1.82) is 0 Å². The summed E-state index contributed by atoms with van der Waals surface area (Å²) in [7, 11) is 2.03. The van der Waals surface area contributed by atoms with Gasteiger partial charge in [0.05, 0.1) is 0 Å². The van der Waals surface area contributed by atoms with Gasteiger partial charge in [-0.3, -0.25) is 0 Å². The molecule has 0 fully saturated rings. The molecular weight excluding hydrogens is 278 g/mol. The van der Waals surface area contributed by atoms with Gasteiger partial charge < -0.3 is 5.32 Å². The summed E-state index contributed by atoms with van der Waals surface area (Å²) in [5, 5.41) is 4.30. The number of halogens is 1. The second-order valence-electron chi connectivity index (χ2n) is 5.75. The highest BCUT2D eigenvalue weighted by atomic mass is 35.5. The minimum absolute atomic E-state index is 0.449. The third-order valence-corrected chi connectivity index (χ3v) is 4.46. The lowest BCUT2D eigenvalue weighted by Crippen LogP contribution is -2.28. The van der Waals surface area contributed by atoms with E-state index in [0.29, 0.717) is 6.04 Å². The number of hydrogen-bond donors (Lipinski definition) is 1. The van der Waals surface area contributed by atoms with Gasteiger partial charge >= 0.3 is 0 Å². The van der Waals surface area contributed by atoms with Crippen molar-refractivity contribution in [3.63, 3.8) is 0 Å². The zero-order valence-corrected chi connectivity index (χ0v) is 13.9. The normalized spacial score (nSPS) is 12.4. The molecule has 1 atom stereocenters. The number of aryl methyl sites for hydroxylation is 3. The summed E-state index contributed by atoms with van der Waals surface area (Å²) < 4.78 is 0. The predicted molar refractivity (Wildman–Crippen MR) is 92.2 cm³/mol. The van der Waals surface area contributed by atoms with Crippen LogP contribution in [0.2, 0.25) is 5.02 Å². The van der Waals surface area contributed by atoms with E-state index in [9.17, 15) is 0 Å². The molecular formula is C19H24ClN. The molecule has 0 aliphatic rings. The van der Waals surface area contributed by atoms with Gasteiger partial charge in [0.2, 0.25) is 0 Å². The maximum atomic E-state index is 6.35. The Morgan fingerprint density at radius 3 is 2.48 bits per heavy atom. The van der Waals surface area contributed by atoms with E-state index in [4.69, 9.17) is 11.6 Å². The molecule has 0 saturated carbocycles. The van der Waals surface area contributed by atoms with Gasteiger partial charge in [0.1, 0.15) is 0 Å². The smallest absolute Gasteiger partial charge is 0.0441 e. The second-order valence-corrected chi connectivity index (χ2v) is 6.16. The number of likely N-dealkylation sites (N-methyl/N-ethyl adjacent to an activating group) is 1. The fourth-order valence-electron chi connectivity index (χ4n) is 2.65. The van der Waals surface area contributed by atoms with Gasteiger partial charge in [-0.15, -0.1) is 0 Å². The van der Waals surface area contributed by atoms with Crippen LogP contribution >= 0.6 is 11.6 Å². The van der Waals surface area contributed by atoms with Crippen LogP contribution in [0.3, 0.4) is 0 Å². The molecule has 0 aliphatic carbocycles. The van der Waals surface area contributed by atoms with E-state index in [1.54, 1.807) is 0 Å². The molecule has 2 aromatic rings. The standard InChI is InChI=1S/C19H24ClN/c1-14-8-9-17(19(20)12-14)13-18(21-3)11-10-16-7-5-4-6-15(16)2/h4-9,12,18,21H,10-11,13H2,1-3H3. The maximum Gasteiger partial charge on any atom is 0.0441 e. The van der Waals surface area contributed by atoms with Gasteiger partial charge in [-0.1, -0.05) is 48.0 Å². The van der Waals surface area contributed by atoms with Crippen molar-refractivity contribution >= 4 is 11.6 Å². The summed E-state index contributed by atoms with van der Waals surface area (Å²) in [6, 6.07) is 15.4. The van der Waals surface area contributed by atoms with Crippen LogP contribution < -0.4 is 5.32 Å². The van der Waals surface area contributed by atoms with E-state index in [-0.39, 0.29) is 0 Å². The lowest BCUT2D eigenvalue weighted by Gasteiger charge is -2.18. The SMILES string of the molecule is CNC(CCc1ccccc1C)Cc1ccc(C)cc1Cl. The molecule has 0 radical (unpaired) electrons. The second kappa shape index (κ2) is 7.63. The van der Waals surface area contributed by atoms with Crippen molar-refractivity contribution in [3.8, 4) is 0 Å². The van der Waals surface area contributed by atoms with Gasteiger partial charge in [-0.25, -0.2) is 0 Å². The summed E-state index contributed by atoms with van der Waals surface area (Å²) in [5.74, 6) is 0. The summed E-state index contributed by atoms with van der Waals surface area (Å²) in [6.07, 6.45) is 3.19. The zero-order chi connectivity index (χ0) is 15.2. The summed E-state index contributed by atoms with van der Waals surface area (Å²) in [5.41, 5.74) is 5.25. The van der Waals surface area contributed by atoms with Crippen LogP contribution in [0.25, 0.3) is 0 Å². The fourth-order valence-corrected chi connectivity index (χ4v) is 2.96. The quantitative estimate of drug-likeness (QED) is 0.814. The zero-order valence-electron chi connectivity index (χ0n) is 13.1. The molecule has 0 heterocycles. The van der Waals surface area contributed by atoms with E-state index in [2.05, 4.69) is 55.6 Å². The Hall–Kier alpha value is -1.31. The van der Waals surface area contributed by atoms with Crippen LogP contribution in [0.1, 0.15) is 28.7 Å². The van der Waals surface area contributed by atoms with Gasteiger partial charge in [-0.05, 0) is 68.5 Å². The van der Waals surface area contributed by atoms with E-state index in [0.717, 1.165) is 24.3 Å². The highest BCUT2D eigenvalue weighted by Gasteiger charge is 2.11. The third kappa shape index (κ3) is 4.59. The molecule has 2 heteroatoms. The summed E-state index contributed by atoms with van der Waals surface area (Å²) >= 11 is 6.35. The minimum Gasteiger partial charge on any atom is -0.317 e. The van der Waals surface area contributed by atoms with Gasteiger partial charge in [0.15, 0.2) is 0 Å². The average molecular weight is 302 g/mol. The van der Waals surface area contributed by atoms with Crippen molar-refractivity contribution in [2.45, 2.75) is 39.2 Å². The number of benzene rings is 2. The van der Waals surface area contributed by atoms with E-state index in [1.165, 1.54) is 22.3 Å². The number of nitrogens with one attached hydrogen (secondary N) is 1. The van der Waals surface area contributed by atoms with Gasteiger partial charge in [0.25, 0.3) is 0 Å². The first-order chi connectivity index (χ1) is 10.1. The highest BCUT2D eigenvalue weighted by molar-refractivity contribution is 6.31. The molecule has 1 unspecified atom stereocenters. The molecule has 2 rings (SSSR count). The van der Waals surface area contributed by atoms with E-state index >= 15 is 0 Å². The van der Waals surface area contributed by atoms with Crippen molar-refractivity contribution < 1.29 is 0 Å². The van der Waals surface area contributed by atoms with E-state index < -0.39 is 0 Å². The Morgan fingerprint density at radius 1 is 1.05 bits per heavy atom. The number of hydrogen-bond acceptors (Lipinski definition) is 1. The predicted octanol–water partition coefficient (Wildman–Crippen LogP) is 4.72. The molecule has 0 amide bonds. The molecule has 1 nitrogen and oxygen atoms in total. The Labute approximate surface area is 133 Å². The monoisotopic (exact) mass is 301 g/mol. The minimum atomic E-state index is 0.449. The first-order valence-corrected chi connectivity index (χ1v) is 7.94. The van der Waals surface area contributed by atoms with Crippen LogP contribution in [-0.4, -0.2) is 13.1 Å². The lowest BCUT2D eigenvalue weighted by atomic mass is 9.97. The van der Waals surface area contributed by atoms with Crippen LogP contribution in [0.15, 0.2) is 42.5 Å². The van der Waals surface area contributed by atoms with Crippen molar-refractivity contribution in [2.24, 2.45) is 0 Å². The third-order valence-electron chi connectivity index (χ3n) is 4.11.